The van der Waals surface area contributed by atoms with E-state index < -0.39 is 20.8 Å². The molecule has 2 aliphatic heterocycles. The van der Waals surface area contributed by atoms with E-state index in [1.165, 1.54) is 71.2 Å². The van der Waals surface area contributed by atoms with E-state index in [-0.39, 0.29) is 0 Å². The normalized spacial score (nSPS) is 20.9. The van der Waals surface area contributed by atoms with Crippen LogP contribution in [0.4, 0.5) is 0 Å². The standard InChI is InChI=1S/2C7H16NS.2H2O4S/c2*1-3-8(2)4-6-9-7-5-8;2*1-5(2,3)4/h2*3-7H2,1-2H3;2*(H2,1,2,3,4)/q2*+1;;/p-2. The van der Waals surface area contributed by atoms with Crippen molar-refractivity contribution in [3.05, 3.63) is 0 Å². The molecule has 14 heteroatoms. The summed E-state index contributed by atoms with van der Waals surface area (Å²) in [5, 5.41) is 0. The third-order valence-corrected chi connectivity index (χ3v) is 6.51. The van der Waals surface area contributed by atoms with Crippen LogP contribution in [0.1, 0.15) is 13.8 Å². The Hall–Kier alpha value is 0.360. The van der Waals surface area contributed by atoms with Crippen LogP contribution in [-0.2, 0) is 20.8 Å². The Labute approximate surface area is 178 Å². The minimum absolute atomic E-state index is 1.30. The van der Waals surface area contributed by atoms with Crippen LogP contribution in [0, 0.1) is 0 Å². The monoisotopic (exact) mass is 486 g/mol. The van der Waals surface area contributed by atoms with Gasteiger partial charge in [0, 0.05) is 23.0 Å². The molecule has 0 aromatic rings. The Bertz CT molecular complexity index is 531. The van der Waals surface area contributed by atoms with Crippen molar-refractivity contribution in [3.8, 4) is 0 Å². The van der Waals surface area contributed by atoms with Gasteiger partial charge in [0.25, 0.3) is 0 Å². The minimum Gasteiger partial charge on any atom is -0.726 e. The molecule has 2 aliphatic rings. The highest BCUT2D eigenvalue weighted by Gasteiger charge is 2.22. The molecular weight excluding hydrogens is 452 g/mol. The van der Waals surface area contributed by atoms with E-state index >= 15 is 0 Å². The van der Waals surface area contributed by atoms with Gasteiger partial charge in [0.15, 0.2) is 0 Å². The van der Waals surface area contributed by atoms with Gasteiger partial charge in [-0.3, -0.25) is 9.11 Å². The zero-order valence-electron chi connectivity index (χ0n) is 16.9. The molecule has 2 heterocycles. The predicted octanol–water partition coefficient (Wildman–Crippen LogP) is 0.409. The van der Waals surface area contributed by atoms with E-state index in [2.05, 4.69) is 51.5 Å². The largest absolute Gasteiger partial charge is 0.726 e. The van der Waals surface area contributed by atoms with Crippen molar-refractivity contribution in [2.24, 2.45) is 0 Å². The van der Waals surface area contributed by atoms with E-state index in [1.54, 1.807) is 0 Å². The third kappa shape index (κ3) is 24.4. The highest BCUT2D eigenvalue weighted by atomic mass is 32.3. The topological polar surface area (TPSA) is 155 Å². The summed E-state index contributed by atoms with van der Waals surface area (Å²) in [6, 6.07) is 0. The quantitative estimate of drug-likeness (QED) is 0.318. The fourth-order valence-electron chi connectivity index (χ4n) is 2.20. The molecule has 0 amide bonds. The van der Waals surface area contributed by atoms with E-state index in [0.29, 0.717) is 0 Å². The van der Waals surface area contributed by atoms with Crippen molar-refractivity contribution in [1.82, 2.24) is 0 Å². The third-order valence-electron chi connectivity index (χ3n) is 4.63. The number of rotatable bonds is 2. The first kappa shape index (κ1) is 30.6. The molecule has 0 atom stereocenters. The van der Waals surface area contributed by atoms with Crippen LogP contribution in [0.25, 0.3) is 0 Å². The number of hydrogen-bond donors (Lipinski definition) is 2. The molecule has 0 bridgehead atoms. The second kappa shape index (κ2) is 14.4. The maximum atomic E-state index is 8.63. The zero-order valence-corrected chi connectivity index (χ0v) is 20.2. The second-order valence-electron chi connectivity index (χ2n) is 6.85. The average molecular weight is 487 g/mol. The molecule has 28 heavy (non-hydrogen) atoms. The summed E-state index contributed by atoms with van der Waals surface area (Å²) in [6.45, 7) is 12.7. The lowest BCUT2D eigenvalue weighted by molar-refractivity contribution is -0.904. The molecule has 2 N–H and O–H groups in total. The SMILES string of the molecule is CC[N+]1(C)CCSCC1.CC[N+]1(C)CCSCC1.O=S(=O)([O-])O.O=S(=O)([O-])O. The van der Waals surface area contributed by atoms with Crippen molar-refractivity contribution < 1.29 is 44.0 Å². The number of thioether (sulfide) groups is 2. The molecule has 10 nitrogen and oxygen atoms in total. The van der Waals surface area contributed by atoms with Gasteiger partial charge in [-0.1, -0.05) is 0 Å². The lowest BCUT2D eigenvalue weighted by Gasteiger charge is -2.36. The summed E-state index contributed by atoms with van der Waals surface area (Å²) in [5.74, 6) is 5.46. The summed E-state index contributed by atoms with van der Waals surface area (Å²) in [6.07, 6.45) is 0. The van der Waals surface area contributed by atoms with E-state index in [9.17, 15) is 0 Å². The molecule has 0 aromatic carbocycles. The van der Waals surface area contributed by atoms with Crippen LogP contribution >= 0.6 is 23.5 Å². The van der Waals surface area contributed by atoms with Gasteiger partial charge in [-0.15, -0.1) is 0 Å². The summed E-state index contributed by atoms with van der Waals surface area (Å²) in [4.78, 5) is 0. The molecule has 0 spiro atoms. The molecule has 2 rings (SSSR count). The minimum atomic E-state index is -4.92. The van der Waals surface area contributed by atoms with Gasteiger partial charge >= 0.3 is 0 Å². The molecule has 0 aromatic heterocycles. The van der Waals surface area contributed by atoms with Crippen molar-refractivity contribution >= 4 is 44.3 Å². The molecule has 2 saturated heterocycles. The first-order valence-corrected chi connectivity index (χ1v) is 13.8. The molecule has 0 aliphatic carbocycles. The molecule has 0 radical (unpaired) electrons. The first-order valence-electron chi connectivity index (χ1n) is 8.73. The predicted molar refractivity (Wildman–Crippen MR) is 112 cm³/mol. The molecule has 0 unspecified atom stereocenters. The Balaban J connectivity index is 0. The fraction of sp³-hybridized carbons (Fsp3) is 1.00. The van der Waals surface area contributed by atoms with Crippen LogP contribution in [0.15, 0.2) is 0 Å². The fourth-order valence-corrected chi connectivity index (χ4v) is 4.89. The summed E-state index contributed by atoms with van der Waals surface area (Å²) in [5.41, 5.74) is 0. The van der Waals surface area contributed by atoms with Gasteiger partial charge in [0.05, 0.1) is 53.4 Å². The number of nitrogens with zero attached hydrogens (tertiary/aromatic N) is 2. The Morgan fingerprint density at radius 2 is 0.893 bits per heavy atom. The molecule has 2 fully saturated rings. The van der Waals surface area contributed by atoms with Crippen LogP contribution in [0.5, 0.6) is 0 Å². The van der Waals surface area contributed by atoms with Gasteiger partial charge in [-0.05, 0) is 13.8 Å². The molecular formula is C14H34N2O8S4. The Morgan fingerprint density at radius 3 is 1.00 bits per heavy atom. The van der Waals surface area contributed by atoms with Crippen molar-refractivity contribution in [2.45, 2.75) is 13.8 Å². The van der Waals surface area contributed by atoms with E-state index in [0.717, 1.165) is 0 Å². The smallest absolute Gasteiger partial charge is 0.215 e. The average Bonchev–Trinajstić information content (AvgIpc) is 2.54. The number of quaternary nitrogens is 2. The van der Waals surface area contributed by atoms with Gasteiger partial charge in [-0.2, -0.15) is 23.5 Å². The van der Waals surface area contributed by atoms with Crippen LogP contribution < -0.4 is 0 Å². The zero-order chi connectivity index (χ0) is 22.5. The van der Waals surface area contributed by atoms with Crippen LogP contribution in [0.3, 0.4) is 0 Å². The highest BCUT2D eigenvalue weighted by molar-refractivity contribution is 7.99. The Morgan fingerprint density at radius 1 is 0.714 bits per heavy atom. The van der Waals surface area contributed by atoms with Crippen molar-refractivity contribution in [3.63, 3.8) is 0 Å². The van der Waals surface area contributed by atoms with Gasteiger partial charge in [0.2, 0.25) is 20.8 Å². The summed E-state index contributed by atoms with van der Waals surface area (Å²) >= 11 is 4.19. The van der Waals surface area contributed by atoms with Crippen LogP contribution in [0.2, 0.25) is 0 Å². The Kier molecular flexibility index (Phi) is 15.7. The first-order chi connectivity index (χ1) is 12.5. The molecule has 172 valence electrons. The van der Waals surface area contributed by atoms with E-state index in [4.69, 9.17) is 35.0 Å². The van der Waals surface area contributed by atoms with Gasteiger partial charge < -0.3 is 18.1 Å². The van der Waals surface area contributed by atoms with Crippen molar-refractivity contribution in [2.75, 3.05) is 76.4 Å². The maximum absolute atomic E-state index is 8.63. The lowest BCUT2D eigenvalue weighted by Crippen LogP contribution is -2.49. The lowest BCUT2D eigenvalue weighted by atomic mass is 10.4. The van der Waals surface area contributed by atoms with E-state index in [1.807, 2.05) is 0 Å². The van der Waals surface area contributed by atoms with Gasteiger partial charge in [-0.25, -0.2) is 16.8 Å². The summed E-state index contributed by atoms with van der Waals surface area (Å²) < 4.78 is 68.3. The second-order valence-corrected chi connectivity index (χ2v) is 11.0. The molecule has 0 saturated carbocycles. The maximum Gasteiger partial charge on any atom is 0.215 e. The number of hydrogen-bond acceptors (Lipinski definition) is 8. The van der Waals surface area contributed by atoms with Crippen molar-refractivity contribution in [1.29, 1.82) is 0 Å². The summed E-state index contributed by atoms with van der Waals surface area (Å²) in [7, 11) is -5.11. The van der Waals surface area contributed by atoms with Crippen LogP contribution in [-0.4, -0.2) is 120 Å². The van der Waals surface area contributed by atoms with Gasteiger partial charge in [0.1, 0.15) is 0 Å². The highest BCUT2D eigenvalue weighted by Crippen LogP contribution is 2.15.